The topological polar surface area (TPSA) is 78.0 Å². The third-order valence-corrected chi connectivity index (χ3v) is 5.53. The lowest BCUT2D eigenvalue weighted by molar-refractivity contribution is 0.578. The summed E-state index contributed by atoms with van der Waals surface area (Å²) >= 11 is 5.72. The van der Waals surface area contributed by atoms with Crippen LogP contribution in [-0.4, -0.2) is 22.9 Å². The Hall–Kier alpha value is -1.60. The van der Waals surface area contributed by atoms with Gasteiger partial charge in [-0.3, -0.25) is 0 Å². The van der Waals surface area contributed by atoms with E-state index in [1.165, 1.54) is 18.5 Å². The van der Waals surface area contributed by atoms with E-state index in [-0.39, 0.29) is 21.5 Å². The summed E-state index contributed by atoms with van der Waals surface area (Å²) in [6.45, 7) is 0. The highest BCUT2D eigenvalue weighted by Crippen LogP contribution is 2.32. The molecule has 1 aliphatic carbocycles. The second kappa shape index (κ2) is 4.46. The van der Waals surface area contributed by atoms with Crippen molar-refractivity contribution in [2.45, 2.75) is 18.1 Å². The quantitative estimate of drug-likeness (QED) is 0.881. The van der Waals surface area contributed by atoms with Crippen molar-refractivity contribution < 1.29 is 12.8 Å². The van der Waals surface area contributed by atoms with Gasteiger partial charge in [0.1, 0.15) is 5.82 Å². The lowest BCUT2D eigenvalue weighted by Crippen LogP contribution is -2.17. The zero-order valence-electron chi connectivity index (χ0n) is 10.3. The molecule has 0 aliphatic heterocycles. The van der Waals surface area contributed by atoms with Gasteiger partial charge in [0, 0.05) is 11.1 Å². The average molecular weight is 316 g/mol. The monoisotopic (exact) mass is 315 g/mol. The molecule has 106 valence electrons. The van der Waals surface area contributed by atoms with Crippen LogP contribution in [0.3, 0.4) is 0 Å². The van der Waals surface area contributed by atoms with Crippen LogP contribution in [0.15, 0.2) is 24.5 Å². The number of nitrogen functional groups attached to an aromatic ring is 1. The molecule has 2 N–H and O–H groups in total. The third kappa shape index (κ3) is 2.16. The minimum absolute atomic E-state index is 0.115. The summed E-state index contributed by atoms with van der Waals surface area (Å²) < 4.78 is 38.8. The lowest BCUT2D eigenvalue weighted by Gasteiger charge is -2.04. The van der Waals surface area contributed by atoms with Crippen molar-refractivity contribution in [1.82, 2.24) is 9.19 Å². The molecule has 0 atom stereocenters. The molecule has 8 heteroatoms. The molecule has 0 bridgehead atoms. The van der Waals surface area contributed by atoms with Crippen LogP contribution in [0.5, 0.6) is 0 Å². The molecular formula is C12H11ClFN3O2S. The largest absolute Gasteiger partial charge is 0.398 e. The first-order valence-electron chi connectivity index (χ1n) is 5.93. The summed E-state index contributed by atoms with van der Waals surface area (Å²) in [5.74, 6) is -0.576. The summed E-state index contributed by atoms with van der Waals surface area (Å²) in [6.07, 6.45) is 3.87. The van der Waals surface area contributed by atoms with Crippen LogP contribution < -0.4 is 5.73 Å². The first-order chi connectivity index (χ1) is 9.39. The van der Waals surface area contributed by atoms with E-state index >= 15 is 0 Å². The Morgan fingerprint density at radius 2 is 2.10 bits per heavy atom. The molecule has 1 heterocycles. The summed E-state index contributed by atoms with van der Waals surface area (Å²) in [7, 11) is -3.46. The lowest BCUT2D eigenvalue weighted by atomic mass is 10.1. The number of halogens is 2. The maximum absolute atomic E-state index is 13.9. The van der Waals surface area contributed by atoms with Crippen molar-refractivity contribution in [3.8, 4) is 11.1 Å². The molecule has 0 radical (unpaired) electrons. The second-order valence-electron chi connectivity index (χ2n) is 4.70. The van der Waals surface area contributed by atoms with Crippen LogP contribution >= 0.6 is 11.6 Å². The van der Waals surface area contributed by atoms with Gasteiger partial charge in [-0.2, -0.15) is 9.19 Å². The molecule has 3 rings (SSSR count). The number of aromatic nitrogens is 2. The summed E-state index contributed by atoms with van der Waals surface area (Å²) in [5.41, 5.74) is 6.37. The smallest absolute Gasteiger partial charge is 0.256 e. The number of nitrogens with zero attached hydrogens (tertiary/aromatic N) is 2. The molecule has 1 fully saturated rings. The Labute approximate surface area is 120 Å². The molecule has 0 spiro atoms. The van der Waals surface area contributed by atoms with Gasteiger partial charge < -0.3 is 5.73 Å². The summed E-state index contributed by atoms with van der Waals surface area (Å²) in [6, 6.07) is 2.46. The molecule has 1 aromatic heterocycles. The van der Waals surface area contributed by atoms with E-state index in [9.17, 15) is 12.8 Å². The molecular weight excluding hydrogens is 305 g/mol. The number of benzene rings is 1. The van der Waals surface area contributed by atoms with Gasteiger partial charge in [-0.15, -0.1) is 0 Å². The van der Waals surface area contributed by atoms with Gasteiger partial charge in [0.05, 0.1) is 28.4 Å². The van der Waals surface area contributed by atoms with Crippen molar-refractivity contribution in [3.05, 3.63) is 35.4 Å². The van der Waals surface area contributed by atoms with Gasteiger partial charge in [0.25, 0.3) is 10.0 Å². The molecule has 20 heavy (non-hydrogen) atoms. The van der Waals surface area contributed by atoms with E-state index in [1.54, 1.807) is 0 Å². The van der Waals surface area contributed by atoms with E-state index in [0.29, 0.717) is 18.4 Å². The van der Waals surface area contributed by atoms with Crippen molar-refractivity contribution in [1.29, 1.82) is 0 Å². The summed E-state index contributed by atoms with van der Waals surface area (Å²) in [5, 5.41) is 3.54. The molecule has 1 aliphatic rings. The van der Waals surface area contributed by atoms with Gasteiger partial charge in [-0.05, 0) is 25.0 Å². The number of anilines is 1. The predicted octanol–water partition coefficient (Wildman–Crippen LogP) is 2.27. The molecule has 0 amide bonds. The fourth-order valence-corrected chi connectivity index (χ4v) is 3.52. The zero-order chi connectivity index (χ0) is 14.5. The maximum atomic E-state index is 13.9. The Morgan fingerprint density at radius 3 is 2.75 bits per heavy atom. The highest BCUT2D eigenvalue weighted by molar-refractivity contribution is 7.90. The first kappa shape index (κ1) is 13.4. The minimum Gasteiger partial charge on any atom is -0.398 e. The third-order valence-electron chi connectivity index (χ3n) is 3.16. The fourth-order valence-electron chi connectivity index (χ4n) is 1.89. The van der Waals surface area contributed by atoms with Gasteiger partial charge in [0.2, 0.25) is 0 Å². The number of hydrogen-bond donors (Lipinski definition) is 1. The second-order valence-corrected chi connectivity index (χ2v) is 7.18. The van der Waals surface area contributed by atoms with Crippen LogP contribution in [-0.2, 0) is 10.0 Å². The van der Waals surface area contributed by atoms with Gasteiger partial charge in [-0.1, -0.05) is 11.6 Å². The van der Waals surface area contributed by atoms with E-state index in [0.717, 1.165) is 10.2 Å². The molecule has 0 saturated heterocycles. The van der Waals surface area contributed by atoms with Crippen LogP contribution in [0.1, 0.15) is 12.8 Å². The van der Waals surface area contributed by atoms with Gasteiger partial charge in [-0.25, -0.2) is 12.8 Å². The van der Waals surface area contributed by atoms with E-state index < -0.39 is 15.8 Å². The Morgan fingerprint density at radius 1 is 1.40 bits per heavy atom. The van der Waals surface area contributed by atoms with Crippen LogP contribution in [0, 0.1) is 5.82 Å². The molecule has 1 saturated carbocycles. The van der Waals surface area contributed by atoms with E-state index in [2.05, 4.69) is 5.10 Å². The SMILES string of the molecule is Nc1cc(-c2cnn(S(=O)(=O)C3CC3)c2)c(F)cc1Cl. The molecule has 0 unspecified atom stereocenters. The van der Waals surface area contributed by atoms with Crippen molar-refractivity contribution >= 4 is 27.3 Å². The summed E-state index contributed by atoms with van der Waals surface area (Å²) in [4.78, 5) is 0. The first-order valence-corrected chi connectivity index (χ1v) is 7.81. The fraction of sp³-hybridized carbons (Fsp3) is 0.250. The van der Waals surface area contributed by atoms with Crippen LogP contribution in [0.2, 0.25) is 5.02 Å². The highest BCUT2D eigenvalue weighted by Gasteiger charge is 2.37. The Bertz CT molecular complexity index is 784. The van der Waals surface area contributed by atoms with Crippen molar-refractivity contribution in [2.24, 2.45) is 0 Å². The maximum Gasteiger partial charge on any atom is 0.256 e. The van der Waals surface area contributed by atoms with Crippen molar-refractivity contribution in [3.63, 3.8) is 0 Å². The minimum atomic E-state index is -3.46. The van der Waals surface area contributed by atoms with E-state index in [1.807, 2.05) is 0 Å². The average Bonchev–Trinajstić information content (AvgIpc) is 3.13. The molecule has 5 nitrogen and oxygen atoms in total. The Kier molecular flexibility index (Phi) is 2.98. The van der Waals surface area contributed by atoms with Gasteiger partial charge >= 0.3 is 0 Å². The van der Waals surface area contributed by atoms with Crippen molar-refractivity contribution in [2.75, 3.05) is 5.73 Å². The predicted molar refractivity (Wildman–Crippen MR) is 74.4 cm³/mol. The number of hydrogen-bond acceptors (Lipinski definition) is 4. The van der Waals surface area contributed by atoms with Crippen LogP contribution in [0.25, 0.3) is 11.1 Å². The van der Waals surface area contributed by atoms with E-state index in [4.69, 9.17) is 17.3 Å². The zero-order valence-corrected chi connectivity index (χ0v) is 11.8. The Balaban J connectivity index is 2.04. The van der Waals surface area contributed by atoms with Gasteiger partial charge in [0.15, 0.2) is 0 Å². The molecule has 1 aromatic carbocycles. The normalized spacial score (nSPS) is 15.5. The molecule has 2 aromatic rings. The highest BCUT2D eigenvalue weighted by atomic mass is 35.5. The standard InChI is InChI=1S/C12H11ClFN3O2S/c13-10-4-11(14)9(3-12(10)15)7-5-16-17(6-7)20(18,19)8-1-2-8/h3-6,8H,1-2,15H2. The van der Waals surface area contributed by atoms with Crippen LogP contribution in [0.4, 0.5) is 10.1 Å². The number of nitrogens with two attached hydrogens (primary N) is 1. The number of rotatable bonds is 3.